The fourth-order valence-electron chi connectivity index (χ4n) is 3.42. The lowest BCUT2D eigenvalue weighted by Gasteiger charge is -2.32. The summed E-state index contributed by atoms with van der Waals surface area (Å²) in [7, 11) is 0. The third-order valence-corrected chi connectivity index (χ3v) is 5.02. The van der Waals surface area contributed by atoms with Crippen LogP contribution in [-0.2, 0) is 16.1 Å². The van der Waals surface area contributed by atoms with E-state index in [0.717, 1.165) is 30.6 Å². The number of amides is 1. The Morgan fingerprint density at radius 2 is 2.08 bits per heavy atom. The molecule has 1 amide bonds. The molecule has 1 aromatic heterocycles. The van der Waals surface area contributed by atoms with E-state index in [0.29, 0.717) is 19.8 Å². The van der Waals surface area contributed by atoms with Gasteiger partial charge in [0, 0.05) is 36.2 Å². The number of H-pyrrole nitrogens is 1. The standard InChI is InChI=1S/C19H27N3O2/c1-4-18(22-7-9-24-10-8-22)19(23)20-12-15-5-6-17-16(11-15)13(2)14(3)21-17/h5-6,11,18,21H,4,7-10,12H2,1-3H3,(H,20,23). The molecule has 0 saturated carbocycles. The molecule has 2 aromatic rings. The van der Waals surface area contributed by atoms with E-state index in [-0.39, 0.29) is 11.9 Å². The first-order chi connectivity index (χ1) is 11.6. The van der Waals surface area contributed by atoms with Crippen LogP contribution in [0.5, 0.6) is 0 Å². The molecule has 130 valence electrons. The molecule has 0 radical (unpaired) electrons. The van der Waals surface area contributed by atoms with Crippen molar-refractivity contribution in [3.8, 4) is 0 Å². The maximum absolute atomic E-state index is 12.6. The second-order valence-corrected chi connectivity index (χ2v) is 6.55. The van der Waals surface area contributed by atoms with Crippen LogP contribution in [0.25, 0.3) is 10.9 Å². The van der Waals surface area contributed by atoms with Crippen molar-refractivity contribution in [2.75, 3.05) is 26.3 Å². The average molecular weight is 329 g/mol. The number of rotatable bonds is 5. The summed E-state index contributed by atoms with van der Waals surface area (Å²) >= 11 is 0. The van der Waals surface area contributed by atoms with Crippen molar-refractivity contribution in [3.05, 3.63) is 35.0 Å². The van der Waals surface area contributed by atoms with Crippen molar-refractivity contribution in [3.63, 3.8) is 0 Å². The number of nitrogens with zero attached hydrogens (tertiary/aromatic N) is 1. The lowest BCUT2D eigenvalue weighted by atomic mass is 10.1. The van der Waals surface area contributed by atoms with E-state index in [9.17, 15) is 4.79 Å². The van der Waals surface area contributed by atoms with Gasteiger partial charge >= 0.3 is 0 Å². The molecule has 24 heavy (non-hydrogen) atoms. The number of nitrogens with one attached hydrogen (secondary N) is 2. The second-order valence-electron chi connectivity index (χ2n) is 6.55. The topological polar surface area (TPSA) is 57.4 Å². The van der Waals surface area contributed by atoms with E-state index in [1.165, 1.54) is 16.6 Å². The van der Waals surface area contributed by atoms with Gasteiger partial charge in [0.2, 0.25) is 5.91 Å². The Bertz CT molecular complexity index is 717. The molecule has 1 fully saturated rings. The predicted octanol–water partition coefficient (Wildman–Crippen LogP) is 2.51. The molecule has 0 bridgehead atoms. The molecule has 1 unspecified atom stereocenters. The van der Waals surface area contributed by atoms with Gasteiger partial charge in [-0.15, -0.1) is 0 Å². The minimum Gasteiger partial charge on any atom is -0.379 e. The number of morpholine rings is 1. The van der Waals surface area contributed by atoms with Gasteiger partial charge in [-0.1, -0.05) is 13.0 Å². The number of ether oxygens (including phenoxy) is 1. The lowest BCUT2D eigenvalue weighted by molar-refractivity contribution is -0.128. The molecule has 5 nitrogen and oxygen atoms in total. The fraction of sp³-hybridized carbons (Fsp3) is 0.526. The number of aromatic nitrogens is 1. The Labute approximate surface area is 143 Å². The summed E-state index contributed by atoms with van der Waals surface area (Å²) in [6, 6.07) is 6.28. The van der Waals surface area contributed by atoms with Crippen LogP contribution in [0, 0.1) is 13.8 Å². The Morgan fingerprint density at radius 3 is 2.79 bits per heavy atom. The SMILES string of the molecule is CCC(C(=O)NCc1ccc2[nH]c(C)c(C)c2c1)N1CCOCC1. The molecule has 1 atom stereocenters. The third-order valence-electron chi connectivity index (χ3n) is 5.02. The minimum atomic E-state index is -0.0612. The number of carbonyl (C=O) groups is 1. The Balaban J connectivity index is 1.65. The third kappa shape index (κ3) is 3.47. The van der Waals surface area contributed by atoms with Crippen molar-refractivity contribution >= 4 is 16.8 Å². The van der Waals surface area contributed by atoms with Crippen LogP contribution in [0.1, 0.15) is 30.2 Å². The van der Waals surface area contributed by atoms with E-state index in [1.54, 1.807) is 0 Å². The molecule has 0 aliphatic carbocycles. The van der Waals surface area contributed by atoms with E-state index in [2.05, 4.69) is 54.2 Å². The number of fused-ring (bicyclic) bond motifs is 1. The van der Waals surface area contributed by atoms with Gasteiger partial charge in [-0.05, 0) is 43.5 Å². The predicted molar refractivity (Wildman–Crippen MR) is 96.1 cm³/mol. The van der Waals surface area contributed by atoms with Crippen LogP contribution in [0.4, 0.5) is 0 Å². The normalized spacial score (nSPS) is 17.1. The van der Waals surface area contributed by atoms with Crippen molar-refractivity contribution in [2.45, 2.75) is 39.8 Å². The van der Waals surface area contributed by atoms with Crippen molar-refractivity contribution in [1.29, 1.82) is 0 Å². The van der Waals surface area contributed by atoms with Gasteiger partial charge in [-0.3, -0.25) is 9.69 Å². The molecule has 1 aromatic carbocycles. The molecule has 2 N–H and O–H groups in total. The Kier molecular flexibility index (Phi) is 5.21. The monoisotopic (exact) mass is 329 g/mol. The minimum absolute atomic E-state index is 0.0612. The molecule has 1 aliphatic rings. The molecule has 1 saturated heterocycles. The first-order valence-corrected chi connectivity index (χ1v) is 8.77. The quantitative estimate of drug-likeness (QED) is 0.886. The average Bonchev–Trinajstić information content (AvgIpc) is 2.89. The van der Waals surface area contributed by atoms with Gasteiger partial charge in [0.1, 0.15) is 0 Å². The number of aromatic amines is 1. The van der Waals surface area contributed by atoms with Crippen molar-refractivity contribution in [2.24, 2.45) is 0 Å². The number of carbonyl (C=O) groups excluding carboxylic acids is 1. The number of hydrogen-bond acceptors (Lipinski definition) is 3. The van der Waals surface area contributed by atoms with Crippen molar-refractivity contribution < 1.29 is 9.53 Å². The molecule has 5 heteroatoms. The van der Waals surface area contributed by atoms with Gasteiger partial charge < -0.3 is 15.0 Å². The van der Waals surface area contributed by atoms with Gasteiger partial charge in [-0.25, -0.2) is 0 Å². The summed E-state index contributed by atoms with van der Waals surface area (Å²) in [4.78, 5) is 18.2. The van der Waals surface area contributed by atoms with Gasteiger partial charge in [0.05, 0.1) is 19.3 Å². The van der Waals surface area contributed by atoms with Crippen LogP contribution >= 0.6 is 0 Å². The first kappa shape index (κ1) is 17.0. The highest BCUT2D eigenvalue weighted by Crippen LogP contribution is 2.22. The van der Waals surface area contributed by atoms with Crippen molar-refractivity contribution in [1.82, 2.24) is 15.2 Å². The van der Waals surface area contributed by atoms with Gasteiger partial charge in [0.15, 0.2) is 0 Å². The zero-order valence-electron chi connectivity index (χ0n) is 14.8. The summed E-state index contributed by atoms with van der Waals surface area (Å²) < 4.78 is 5.38. The van der Waals surface area contributed by atoms with E-state index in [1.807, 2.05) is 0 Å². The van der Waals surface area contributed by atoms with Crippen LogP contribution in [0.3, 0.4) is 0 Å². The van der Waals surface area contributed by atoms with Crippen LogP contribution < -0.4 is 5.32 Å². The molecule has 1 aliphatic heterocycles. The van der Waals surface area contributed by atoms with Gasteiger partial charge in [0.25, 0.3) is 0 Å². The largest absolute Gasteiger partial charge is 0.379 e. The summed E-state index contributed by atoms with van der Waals surface area (Å²) in [5, 5.41) is 4.34. The second kappa shape index (κ2) is 7.36. The zero-order valence-corrected chi connectivity index (χ0v) is 14.8. The van der Waals surface area contributed by atoms with E-state index >= 15 is 0 Å². The number of benzene rings is 1. The summed E-state index contributed by atoms with van der Waals surface area (Å²) in [5.41, 5.74) is 4.76. The lowest BCUT2D eigenvalue weighted by Crippen LogP contribution is -2.50. The molecular formula is C19H27N3O2. The number of hydrogen-bond donors (Lipinski definition) is 2. The van der Waals surface area contributed by atoms with Crippen LogP contribution in [0.15, 0.2) is 18.2 Å². The maximum Gasteiger partial charge on any atom is 0.237 e. The molecule has 3 rings (SSSR count). The Hall–Kier alpha value is -1.85. The highest BCUT2D eigenvalue weighted by molar-refractivity contribution is 5.85. The maximum atomic E-state index is 12.6. The summed E-state index contributed by atoms with van der Waals surface area (Å²) in [6.07, 6.45) is 0.820. The number of aryl methyl sites for hydroxylation is 2. The van der Waals surface area contributed by atoms with Gasteiger partial charge in [-0.2, -0.15) is 0 Å². The van der Waals surface area contributed by atoms with Crippen LogP contribution in [0.2, 0.25) is 0 Å². The Morgan fingerprint density at radius 1 is 1.33 bits per heavy atom. The smallest absolute Gasteiger partial charge is 0.237 e. The highest BCUT2D eigenvalue weighted by atomic mass is 16.5. The summed E-state index contributed by atoms with van der Waals surface area (Å²) in [6.45, 7) is 9.95. The fourth-order valence-corrected chi connectivity index (χ4v) is 3.42. The highest BCUT2D eigenvalue weighted by Gasteiger charge is 2.25. The summed E-state index contributed by atoms with van der Waals surface area (Å²) in [5.74, 6) is 0.112. The van der Waals surface area contributed by atoms with Crippen LogP contribution in [-0.4, -0.2) is 48.1 Å². The van der Waals surface area contributed by atoms with E-state index < -0.39 is 0 Å². The zero-order chi connectivity index (χ0) is 17.1. The first-order valence-electron chi connectivity index (χ1n) is 8.77. The molecule has 2 heterocycles. The molecular weight excluding hydrogens is 302 g/mol. The van der Waals surface area contributed by atoms with E-state index in [4.69, 9.17) is 4.74 Å². The molecule has 0 spiro atoms.